The first-order valence-electron chi connectivity index (χ1n) is 12.3. The zero-order valence-corrected chi connectivity index (χ0v) is 19.5. The van der Waals surface area contributed by atoms with Crippen LogP contribution in [0, 0.1) is 23.1 Å². The summed E-state index contributed by atoms with van der Waals surface area (Å²) < 4.78 is 13.9. The lowest BCUT2D eigenvalue weighted by Crippen LogP contribution is -2.41. The Bertz CT molecular complexity index is 1160. The van der Waals surface area contributed by atoms with Crippen LogP contribution in [0.25, 0.3) is 5.57 Å². The number of hydrogen-bond donors (Lipinski definition) is 2. The predicted octanol–water partition coefficient (Wildman–Crippen LogP) is 5.36. The Kier molecular flexibility index (Phi) is 6.00. The molecule has 0 saturated heterocycles. The van der Waals surface area contributed by atoms with E-state index < -0.39 is 5.97 Å². The number of carbonyl (C=O) groups is 2. The minimum absolute atomic E-state index is 0.0456. The molecule has 1 amide bonds. The number of benzene rings is 1. The third-order valence-corrected chi connectivity index (χ3v) is 8.44. The first-order valence-corrected chi connectivity index (χ1v) is 12.3. The molecule has 1 aromatic carbocycles. The van der Waals surface area contributed by atoms with E-state index in [2.05, 4.69) is 29.4 Å². The van der Waals surface area contributed by atoms with E-state index in [0.717, 1.165) is 37.7 Å². The summed E-state index contributed by atoms with van der Waals surface area (Å²) in [6.07, 6.45) is 11.1. The van der Waals surface area contributed by atoms with Crippen molar-refractivity contribution in [2.24, 2.45) is 17.3 Å². The molecule has 0 aliphatic heterocycles. The van der Waals surface area contributed by atoms with Crippen LogP contribution in [0.2, 0.25) is 0 Å². The Hall–Kier alpha value is -3.02. The third-order valence-electron chi connectivity index (χ3n) is 8.44. The molecule has 0 spiro atoms. The number of nitrogens with one attached hydrogen (secondary N) is 1. The van der Waals surface area contributed by atoms with Gasteiger partial charge in [0.2, 0.25) is 0 Å². The largest absolute Gasteiger partial charge is 0.481 e. The second-order valence-corrected chi connectivity index (χ2v) is 10.3. The zero-order valence-electron chi connectivity index (χ0n) is 19.5. The van der Waals surface area contributed by atoms with Gasteiger partial charge in [-0.1, -0.05) is 19.1 Å². The fraction of sp³-hybridized carbons (Fsp3) is 0.464. The van der Waals surface area contributed by atoms with Crippen LogP contribution in [-0.2, 0) is 11.2 Å². The molecule has 2 aromatic rings. The van der Waals surface area contributed by atoms with E-state index in [0.29, 0.717) is 36.3 Å². The quantitative estimate of drug-likeness (QED) is 0.566. The van der Waals surface area contributed by atoms with Crippen molar-refractivity contribution >= 4 is 17.4 Å². The number of carboxylic acids is 1. The molecule has 1 fully saturated rings. The average molecular weight is 463 g/mol. The number of aromatic nitrogens is 1. The van der Waals surface area contributed by atoms with Crippen LogP contribution in [-0.4, -0.2) is 28.5 Å². The van der Waals surface area contributed by atoms with E-state index in [4.69, 9.17) is 5.11 Å². The summed E-state index contributed by atoms with van der Waals surface area (Å²) in [6, 6.07) is 7.70. The van der Waals surface area contributed by atoms with E-state index in [1.165, 1.54) is 22.9 Å². The van der Waals surface area contributed by atoms with Crippen molar-refractivity contribution in [1.29, 1.82) is 0 Å². The van der Waals surface area contributed by atoms with Crippen LogP contribution in [0.4, 0.5) is 4.39 Å². The molecule has 0 radical (unpaired) electrons. The summed E-state index contributed by atoms with van der Waals surface area (Å²) in [7, 11) is 0. The van der Waals surface area contributed by atoms with E-state index in [-0.39, 0.29) is 23.6 Å². The molecule has 5 nitrogen and oxygen atoms in total. The second-order valence-electron chi connectivity index (χ2n) is 10.3. The molecular formula is C28H31FN2O3. The number of amides is 1. The predicted molar refractivity (Wildman–Crippen MR) is 128 cm³/mol. The summed E-state index contributed by atoms with van der Waals surface area (Å²) in [6.45, 7) is 2.72. The number of nitrogens with zero attached hydrogens (tertiary/aromatic N) is 1. The number of carboxylic acid groups (broad SMARTS) is 1. The Labute approximate surface area is 199 Å². The van der Waals surface area contributed by atoms with Crippen LogP contribution >= 0.6 is 0 Å². The minimum Gasteiger partial charge on any atom is -0.481 e. The number of rotatable bonds is 6. The lowest BCUT2D eigenvalue weighted by molar-refractivity contribution is -0.137. The molecule has 178 valence electrons. The average Bonchev–Trinajstić information content (AvgIpc) is 3.18. The normalized spacial score (nSPS) is 27.2. The van der Waals surface area contributed by atoms with Crippen molar-refractivity contribution in [2.75, 3.05) is 6.54 Å². The second kappa shape index (κ2) is 8.97. The summed E-state index contributed by atoms with van der Waals surface area (Å²) >= 11 is 0. The molecule has 3 aliphatic rings. The SMILES string of the molecule is C[C@]12CCC3c4ccc(C(=O)NCCCC(=O)O)cc4CCC3C1CC=C2c1cncc(F)c1. The standard InChI is InChI=1S/C28H31FN2O3/c1-28-11-10-22-21-6-5-18(27(34)31-12-2-3-26(32)33)13-17(21)4-7-23(22)25(28)9-8-24(28)19-14-20(29)16-30-15-19/h5-6,8,13-16,22-23,25H,2-4,7,9-12H2,1H3,(H,31,34)(H,32,33)/t22?,23?,25?,28-/m1/s1. The van der Waals surface area contributed by atoms with Crippen LogP contribution < -0.4 is 5.32 Å². The first-order chi connectivity index (χ1) is 16.4. The molecule has 3 unspecified atom stereocenters. The van der Waals surface area contributed by atoms with Gasteiger partial charge in [0.05, 0.1) is 6.20 Å². The Morgan fingerprint density at radius 2 is 2.09 bits per heavy atom. The molecule has 3 aliphatic carbocycles. The summed E-state index contributed by atoms with van der Waals surface area (Å²) in [4.78, 5) is 27.3. The van der Waals surface area contributed by atoms with E-state index >= 15 is 0 Å². The van der Waals surface area contributed by atoms with Gasteiger partial charge in [0.25, 0.3) is 5.91 Å². The lowest BCUT2D eigenvalue weighted by atomic mass is 9.54. The van der Waals surface area contributed by atoms with Crippen LogP contribution in [0.3, 0.4) is 0 Å². The number of hydrogen-bond acceptors (Lipinski definition) is 3. The number of pyridine rings is 1. The smallest absolute Gasteiger partial charge is 0.303 e. The monoisotopic (exact) mass is 462 g/mol. The topological polar surface area (TPSA) is 79.3 Å². The number of aliphatic carboxylic acids is 1. The zero-order chi connectivity index (χ0) is 23.9. The highest BCUT2D eigenvalue weighted by Crippen LogP contribution is 2.63. The van der Waals surface area contributed by atoms with Gasteiger partial charge < -0.3 is 10.4 Å². The molecule has 1 aromatic heterocycles. The molecule has 0 bridgehead atoms. The molecular weight excluding hydrogens is 431 g/mol. The lowest BCUT2D eigenvalue weighted by Gasteiger charge is -2.50. The van der Waals surface area contributed by atoms with Crippen molar-refractivity contribution in [3.8, 4) is 0 Å². The number of aryl methyl sites for hydroxylation is 1. The van der Waals surface area contributed by atoms with E-state index in [9.17, 15) is 14.0 Å². The number of fused-ring (bicyclic) bond motifs is 5. The van der Waals surface area contributed by atoms with Gasteiger partial charge >= 0.3 is 5.97 Å². The number of halogens is 1. The van der Waals surface area contributed by atoms with Crippen molar-refractivity contribution < 1.29 is 19.1 Å². The van der Waals surface area contributed by atoms with E-state index in [1.54, 1.807) is 12.3 Å². The number of allylic oxidation sites excluding steroid dienone is 2. The highest BCUT2D eigenvalue weighted by Gasteiger charge is 2.52. The van der Waals surface area contributed by atoms with Gasteiger partial charge in [-0.3, -0.25) is 14.6 Å². The summed E-state index contributed by atoms with van der Waals surface area (Å²) in [5.41, 5.74) is 5.51. The molecule has 4 atom stereocenters. The van der Waals surface area contributed by atoms with Gasteiger partial charge in [-0.25, -0.2) is 4.39 Å². The molecule has 5 rings (SSSR count). The van der Waals surface area contributed by atoms with Gasteiger partial charge in [0.1, 0.15) is 5.82 Å². The summed E-state index contributed by atoms with van der Waals surface area (Å²) in [5.74, 6) is 0.339. The third kappa shape index (κ3) is 4.04. The van der Waals surface area contributed by atoms with Gasteiger partial charge in [-0.15, -0.1) is 0 Å². The van der Waals surface area contributed by atoms with Crippen molar-refractivity contribution in [1.82, 2.24) is 10.3 Å². The maximum absolute atomic E-state index is 13.9. The maximum Gasteiger partial charge on any atom is 0.303 e. The minimum atomic E-state index is -0.849. The Balaban J connectivity index is 1.31. The Morgan fingerprint density at radius 3 is 2.88 bits per heavy atom. The Morgan fingerprint density at radius 1 is 1.24 bits per heavy atom. The van der Waals surface area contributed by atoms with Crippen molar-refractivity contribution in [3.63, 3.8) is 0 Å². The highest BCUT2D eigenvalue weighted by molar-refractivity contribution is 5.94. The van der Waals surface area contributed by atoms with E-state index in [1.807, 2.05) is 12.1 Å². The van der Waals surface area contributed by atoms with Gasteiger partial charge in [-0.2, -0.15) is 0 Å². The van der Waals surface area contributed by atoms with Crippen molar-refractivity contribution in [2.45, 2.75) is 57.8 Å². The molecule has 34 heavy (non-hydrogen) atoms. The van der Waals surface area contributed by atoms with Gasteiger partial charge in [0.15, 0.2) is 0 Å². The van der Waals surface area contributed by atoms with Crippen molar-refractivity contribution in [3.05, 3.63) is 70.8 Å². The number of carbonyl (C=O) groups excluding carboxylic acids is 1. The first kappa shape index (κ1) is 22.8. The van der Waals surface area contributed by atoms with Crippen LogP contribution in [0.5, 0.6) is 0 Å². The molecule has 1 heterocycles. The molecule has 1 saturated carbocycles. The maximum atomic E-state index is 13.9. The fourth-order valence-electron chi connectivity index (χ4n) is 6.84. The molecule has 2 N–H and O–H groups in total. The fourth-order valence-corrected chi connectivity index (χ4v) is 6.84. The van der Waals surface area contributed by atoms with Gasteiger partial charge in [0, 0.05) is 24.7 Å². The van der Waals surface area contributed by atoms with Gasteiger partial charge in [-0.05, 0) is 102 Å². The highest BCUT2D eigenvalue weighted by atomic mass is 19.1. The summed E-state index contributed by atoms with van der Waals surface area (Å²) in [5, 5.41) is 11.6. The molecule has 6 heteroatoms. The van der Waals surface area contributed by atoms with Crippen LogP contribution in [0.15, 0.2) is 42.7 Å². The van der Waals surface area contributed by atoms with Crippen LogP contribution in [0.1, 0.15) is 78.4 Å².